The zero-order chi connectivity index (χ0) is 28.6. The summed E-state index contributed by atoms with van der Waals surface area (Å²) in [7, 11) is 1.75. The number of rotatable bonds is 11. The number of likely N-dealkylation sites (N-methyl/N-ethyl adjacent to an activating group) is 1. The van der Waals surface area contributed by atoms with E-state index in [-0.39, 0.29) is 47.7 Å². The van der Waals surface area contributed by atoms with Gasteiger partial charge in [-0.15, -0.1) is 0 Å². The lowest BCUT2D eigenvalue weighted by Gasteiger charge is -2.39. The van der Waals surface area contributed by atoms with Crippen LogP contribution in [0.3, 0.4) is 0 Å². The summed E-state index contributed by atoms with van der Waals surface area (Å²) < 4.78 is 0. The first-order valence-corrected chi connectivity index (χ1v) is 14.2. The molecule has 0 radical (unpaired) electrons. The van der Waals surface area contributed by atoms with Gasteiger partial charge in [0.15, 0.2) is 0 Å². The van der Waals surface area contributed by atoms with Crippen LogP contribution in [0.4, 0.5) is 0 Å². The van der Waals surface area contributed by atoms with Crippen LogP contribution >= 0.6 is 11.6 Å². The van der Waals surface area contributed by atoms with Gasteiger partial charge in [-0.1, -0.05) is 63.9 Å². The molecule has 3 unspecified atom stereocenters. The van der Waals surface area contributed by atoms with E-state index in [0.717, 1.165) is 31.4 Å². The van der Waals surface area contributed by atoms with Crippen molar-refractivity contribution in [3.63, 3.8) is 0 Å². The van der Waals surface area contributed by atoms with Gasteiger partial charge in [0.1, 0.15) is 6.04 Å². The fraction of sp³-hybridized carbons (Fsp3) is 0.633. The van der Waals surface area contributed by atoms with Crippen molar-refractivity contribution in [2.45, 2.75) is 98.4 Å². The molecule has 0 spiro atoms. The molecule has 1 aliphatic heterocycles. The Morgan fingerprint density at radius 2 is 1.68 bits per heavy atom. The average Bonchev–Trinajstić information content (AvgIpc) is 2.88. The van der Waals surface area contributed by atoms with Gasteiger partial charge in [0, 0.05) is 30.2 Å². The molecule has 212 valence electrons. The number of benzene rings is 1. The Morgan fingerprint density at radius 1 is 1.05 bits per heavy atom. The highest BCUT2D eigenvalue weighted by atomic mass is 35.5. The van der Waals surface area contributed by atoms with Crippen molar-refractivity contribution in [2.24, 2.45) is 11.8 Å². The SMILES string of the molecule is C/C(=C\C(C(C)C)N(C)C(=O)C(NC(=O)C1CCCCN1C(C)C)C(C)C)C(=O)NCc1ccc(Cl)cc1. The van der Waals surface area contributed by atoms with Crippen LogP contribution < -0.4 is 10.6 Å². The Kier molecular flexibility index (Phi) is 12.3. The summed E-state index contributed by atoms with van der Waals surface area (Å²) >= 11 is 5.94. The predicted octanol–water partition coefficient (Wildman–Crippen LogP) is 4.79. The number of nitrogens with zero attached hydrogens (tertiary/aromatic N) is 2. The lowest BCUT2D eigenvalue weighted by Crippen LogP contribution is -2.58. The number of hydrogen-bond acceptors (Lipinski definition) is 4. The lowest BCUT2D eigenvalue weighted by atomic mass is 9.95. The molecule has 1 saturated heterocycles. The highest BCUT2D eigenvalue weighted by Gasteiger charge is 2.36. The summed E-state index contributed by atoms with van der Waals surface area (Å²) in [4.78, 5) is 43.8. The van der Waals surface area contributed by atoms with Crippen LogP contribution in [-0.2, 0) is 20.9 Å². The van der Waals surface area contributed by atoms with E-state index in [1.165, 1.54) is 0 Å². The lowest BCUT2D eigenvalue weighted by molar-refractivity contribution is -0.140. The number of nitrogens with one attached hydrogen (secondary N) is 2. The van der Waals surface area contributed by atoms with Gasteiger partial charge in [-0.25, -0.2) is 0 Å². The van der Waals surface area contributed by atoms with E-state index in [4.69, 9.17) is 11.6 Å². The first-order chi connectivity index (χ1) is 17.8. The fourth-order valence-corrected chi connectivity index (χ4v) is 5.12. The van der Waals surface area contributed by atoms with Crippen molar-refractivity contribution in [2.75, 3.05) is 13.6 Å². The third-order valence-corrected chi connectivity index (χ3v) is 7.62. The highest BCUT2D eigenvalue weighted by Crippen LogP contribution is 2.21. The third-order valence-electron chi connectivity index (χ3n) is 7.36. The summed E-state index contributed by atoms with van der Waals surface area (Å²) in [6, 6.07) is 6.44. The molecule has 0 aromatic heterocycles. The van der Waals surface area contributed by atoms with Crippen LogP contribution in [-0.4, -0.2) is 65.3 Å². The van der Waals surface area contributed by atoms with Crippen molar-refractivity contribution in [1.82, 2.24) is 20.4 Å². The smallest absolute Gasteiger partial charge is 0.246 e. The normalized spacial score (nSPS) is 18.4. The van der Waals surface area contributed by atoms with E-state index in [0.29, 0.717) is 17.1 Å². The number of carbonyl (C=O) groups excluding carboxylic acids is 3. The fourth-order valence-electron chi connectivity index (χ4n) is 4.99. The quantitative estimate of drug-likeness (QED) is 0.391. The Hall–Kier alpha value is -2.38. The van der Waals surface area contributed by atoms with Crippen molar-refractivity contribution < 1.29 is 14.4 Å². The van der Waals surface area contributed by atoms with Gasteiger partial charge in [0.05, 0.1) is 12.1 Å². The summed E-state index contributed by atoms with van der Waals surface area (Å²) in [6.07, 6.45) is 4.76. The van der Waals surface area contributed by atoms with E-state index in [1.807, 2.05) is 45.9 Å². The molecular formula is C30H47ClN4O3. The van der Waals surface area contributed by atoms with Gasteiger partial charge in [0.2, 0.25) is 17.7 Å². The molecule has 7 nitrogen and oxygen atoms in total. The van der Waals surface area contributed by atoms with Crippen LogP contribution in [0, 0.1) is 11.8 Å². The second-order valence-electron chi connectivity index (χ2n) is 11.4. The zero-order valence-electron chi connectivity index (χ0n) is 24.4. The Balaban J connectivity index is 2.13. The predicted molar refractivity (Wildman–Crippen MR) is 155 cm³/mol. The maximum atomic E-state index is 13.7. The monoisotopic (exact) mass is 546 g/mol. The average molecular weight is 547 g/mol. The zero-order valence-corrected chi connectivity index (χ0v) is 25.1. The van der Waals surface area contributed by atoms with E-state index in [9.17, 15) is 14.4 Å². The van der Waals surface area contributed by atoms with E-state index >= 15 is 0 Å². The minimum atomic E-state index is -0.642. The molecule has 8 heteroatoms. The largest absolute Gasteiger partial charge is 0.348 e. The Labute approximate surface area is 234 Å². The number of likely N-dealkylation sites (tertiary alicyclic amines) is 1. The molecule has 0 aliphatic carbocycles. The van der Waals surface area contributed by atoms with Crippen LogP contribution in [0.2, 0.25) is 5.02 Å². The van der Waals surface area contributed by atoms with Crippen molar-refractivity contribution >= 4 is 29.3 Å². The van der Waals surface area contributed by atoms with Crippen molar-refractivity contribution in [1.29, 1.82) is 0 Å². The van der Waals surface area contributed by atoms with Crippen LogP contribution in [0.5, 0.6) is 0 Å². The summed E-state index contributed by atoms with van der Waals surface area (Å²) in [5.41, 5.74) is 1.49. The molecule has 1 aromatic carbocycles. The van der Waals surface area contributed by atoms with Gasteiger partial charge in [-0.3, -0.25) is 19.3 Å². The minimum Gasteiger partial charge on any atom is -0.348 e. The standard InChI is InChI=1S/C30H47ClN4O3/c1-19(2)26(17-22(7)28(36)32-18-23-12-14-24(31)15-13-23)34(8)30(38)27(20(3)4)33-29(37)25-11-9-10-16-35(25)21(5)6/h12-15,17,19-21,25-27H,9-11,16,18H2,1-8H3,(H,32,36)(H,33,37)/b22-17+. The van der Waals surface area contributed by atoms with Crippen LogP contribution in [0.15, 0.2) is 35.9 Å². The number of amides is 3. The Bertz CT molecular complexity index is 974. The van der Waals surface area contributed by atoms with Crippen molar-refractivity contribution in [3.05, 3.63) is 46.5 Å². The molecular weight excluding hydrogens is 500 g/mol. The summed E-state index contributed by atoms with van der Waals surface area (Å²) in [5, 5.41) is 6.66. The van der Waals surface area contributed by atoms with Gasteiger partial charge in [0.25, 0.3) is 0 Å². The topological polar surface area (TPSA) is 81.8 Å². The van der Waals surface area contributed by atoms with Gasteiger partial charge < -0.3 is 15.5 Å². The van der Waals surface area contributed by atoms with Gasteiger partial charge in [-0.2, -0.15) is 0 Å². The number of halogens is 1. The van der Waals surface area contributed by atoms with Gasteiger partial charge in [-0.05, 0) is 69.7 Å². The molecule has 3 atom stereocenters. The molecule has 2 N–H and O–H groups in total. The first-order valence-electron chi connectivity index (χ1n) is 13.9. The molecule has 38 heavy (non-hydrogen) atoms. The second-order valence-corrected chi connectivity index (χ2v) is 11.9. The minimum absolute atomic E-state index is 0.0706. The molecule has 1 heterocycles. The maximum Gasteiger partial charge on any atom is 0.246 e. The molecule has 1 aromatic rings. The van der Waals surface area contributed by atoms with E-state index in [2.05, 4.69) is 29.4 Å². The molecule has 1 fully saturated rings. The summed E-state index contributed by atoms with van der Waals surface area (Å²) in [5.74, 6) is -0.420. The molecule has 3 amide bonds. The van der Waals surface area contributed by atoms with E-state index < -0.39 is 6.04 Å². The molecule has 1 aliphatic rings. The van der Waals surface area contributed by atoms with Gasteiger partial charge >= 0.3 is 0 Å². The second kappa shape index (κ2) is 14.7. The maximum absolute atomic E-state index is 13.7. The molecule has 0 saturated carbocycles. The number of piperidine rings is 1. The van der Waals surface area contributed by atoms with Crippen molar-refractivity contribution in [3.8, 4) is 0 Å². The third kappa shape index (κ3) is 8.84. The van der Waals surface area contributed by atoms with E-state index in [1.54, 1.807) is 31.0 Å². The summed E-state index contributed by atoms with van der Waals surface area (Å²) in [6.45, 7) is 15.2. The number of carbonyl (C=O) groups is 3. The Morgan fingerprint density at radius 3 is 2.24 bits per heavy atom. The first kappa shape index (κ1) is 31.8. The molecule has 0 bridgehead atoms. The van der Waals surface area contributed by atoms with Crippen LogP contribution in [0.1, 0.15) is 73.3 Å². The highest BCUT2D eigenvalue weighted by molar-refractivity contribution is 6.30. The van der Waals surface area contributed by atoms with Crippen LogP contribution in [0.25, 0.3) is 0 Å². The number of hydrogen-bond donors (Lipinski definition) is 2. The molecule has 2 rings (SSSR count).